The molecule has 0 spiro atoms. The molecule has 0 aliphatic heterocycles. The van der Waals surface area contributed by atoms with Gasteiger partial charge in [-0.3, -0.25) is 4.79 Å². The number of hydrogen-bond acceptors (Lipinski definition) is 3. The van der Waals surface area contributed by atoms with Crippen molar-refractivity contribution in [3.63, 3.8) is 0 Å². The van der Waals surface area contributed by atoms with Gasteiger partial charge in [0.2, 0.25) is 0 Å². The maximum Gasteiger partial charge on any atom is 0.286 e. The molecule has 7 heteroatoms. The highest BCUT2D eigenvalue weighted by atomic mass is 35.5. The summed E-state index contributed by atoms with van der Waals surface area (Å²) in [4.78, 5) is 16.9. The molecule has 24 heavy (non-hydrogen) atoms. The normalized spacial score (nSPS) is 11.9. The average Bonchev–Trinajstić information content (AvgIpc) is 2.90. The van der Waals surface area contributed by atoms with Gasteiger partial charge in [0.15, 0.2) is 11.4 Å². The van der Waals surface area contributed by atoms with Crippen LogP contribution in [-0.2, 0) is 11.3 Å². The van der Waals surface area contributed by atoms with E-state index in [4.69, 9.17) is 27.9 Å². The molecule has 3 rings (SSSR count). The Bertz CT molecular complexity index is 945. The number of nitrogens with zero attached hydrogens (tertiary/aromatic N) is 2. The number of halogens is 2. The fraction of sp³-hybridized carbons (Fsp3) is 0.176. The van der Waals surface area contributed by atoms with E-state index in [9.17, 15) is 4.79 Å². The second-order valence-corrected chi connectivity index (χ2v) is 6.87. The molecular weight excluding hydrogens is 367 g/mol. The van der Waals surface area contributed by atoms with Gasteiger partial charge in [0, 0.05) is 16.6 Å². The molecule has 0 aliphatic rings. The van der Waals surface area contributed by atoms with Gasteiger partial charge in [0.05, 0.1) is 10.2 Å². The van der Waals surface area contributed by atoms with Gasteiger partial charge in [-0.05, 0) is 49.4 Å². The number of carbonyl (C=O) groups is 1. The van der Waals surface area contributed by atoms with Crippen LogP contribution in [0.5, 0.6) is 5.75 Å². The molecule has 1 amide bonds. The van der Waals surface area contributed by atoms with Crippen molar-refractivity contribution in [2.24, 2.45) is 4.99 Å². The van der Waals surface area contributed by atoms with Crippen LogP contribution >= 0.6 is 34.5 Å². The second kappa shape index (κ2) is 7.38. The molecule has 1 aromatic heterocycles. The summed E-state index contributed by atoms with van der Waals surface area (Å²) < 4.78 is 8.41. The summed E-state index contributed by atoms with van der Waals surface area (Å²) in [7, 11) is 0. The van der Waals surface area contributed by atoms with Gasteiger partial charge in [-0.2, -0.15) is 4.99 Å². The Hall–Kier alpha value is -1.82. The fourth-order valence-electron chi connectivity index (χ4n) is 2.25. The summed E-state index contributed by atoms with van der Waals surface area (Å²) in [6.45, 7) is 2.60. The molecule has 0 N–H and O–H groups in total. The topological polar surface area (TPSA) is 43.6 Å². The first-order valence-electron chi connectivity index (χ1n) is 7.31. The van der Waals surface area contributed by atoms with Crippen LogP contribution in [-0.4, -0.2) is 17.1 Å². The molecular formula is C17H14Cl2N2O2S. The Morgan fingerprint density at radius 1 is 1.17 bits per heavy atom. The van der Waals surface area contributed by atoms with Crippen LogP contribution in [0.2, 0.25) is 10.0 Å². The SMILES string of the molecule is CCn1c(=NC(=O)COc2ccc(Cl)cc2)sc2cc(Cl)ccc21. The number of benzene rings is 2. The van der Waals surface area contributed by atoms with E-state index in [1.807, 2.05) is 29.7 Å². The summed E-state index contributed by atoms with van der Waals surface area (Å²) in [5.41, 5.74) is 1.01. The van der Waals surface area contributed by atoms with Crippen molar-refractivity contribution in [3.8, 4) is 5.75 Å². The fourth-order valence-corrected chi connectivity index (χ4v) is 3.77. The first kappa shape index (κ1) is 17.0. The van der Waals surface area contributed by atoms with Crippen LogP contribution < -0.4 is 9.54 Å². The molecule has 0 aliphatic carbocycles. The summed E-state index contributed by atoms with van der Waals surface area (Å²) in [5, 5.41) is 1.28. The van der Waals surface area contributed by atoms with Crippen molar-refractivity contribution >= 4 is 50.7 Å². The monoisotopic (exact) mass is 380 g/mol. The largest absolute Gasteiger partial charge is 0.484 e. The number of carbonyl (C=O) groups excluding carboxylic acids is 1. The van der Waals surface area contributed by atoms with E-state index in [2.05, 4.69) is 4.99 Å². The lowest BCUT2D eigenvalue weighted by Crippen LogP contribution is -2.18. The highest BCUT2D eigenvalue weighted by molar-refractivity contribution is 7.16. The van der Waals surface area contributed by atoms with Crippen molar-refractivity contribution in [2.45, 2.75) is 13.5 Å². The lowest BCUT2D eigenvalue weighted by atomic mass is 10.3. The van der Waals surface area contributed by atoms with Crippen molar-refractivity contribution in [3.05, 3.63) is 57.3 Å². The Morgan fingerprint density at radius 2 is 1.88 bits per heavy atom. The van der Waals surface area contributed by atoms with Gasteiger partial charge in [0.25, 0.3) is 5.91 Å². The van der Waals surface area contributed by atoms with E-state index in [1.54, 1.807) is 24.3 Å². The van der Waals surface area contributed by atoms with Crippen LogP contribution in [0.1, 0.15) is 6.92 Å². The van der Waals surface area contributed by atoms with Gasteiger partial charge < -0.3 is 9.30 Å². The zero-order valence-corrected chi connectivity index (χ0v) is 15.2. The number of amides is 1. The number of aryl methyl sites for hydroxylation is 1. The summed E-state index contributed by atoms with van der Waals surface area (Å²) >= 11 is 13.3. The van der Waals surface area contributed by atoms with Crippen LogP contribution in [0.25, 0.3) is 10.2 Å². The van der Waals surface area contributed by atoms with Gasteiger partial charge in [-0.1, -0.05) is 34.5 Å². The van der Waals surface area contributed by atoms with E-state index in [-0.39, 0.29) is 12.5 Å². The van der Waals surface area contributed by atoms with E-state index in [1.165, 1.54) is 11.3 Å². The Balaban J connectivity index is 1.83. The maximum absolute atomic E-state index is 12.1. The Labute approximate surface area is 152 Å². The molecule has 0 unspecified atom stereocenters. The third kappa shape index (κ3) is 3.80. The average molecular weight is 381 g/mol. The zero-order valence-electron chi connectivity index (χ0n) is 12.8. The molecule has 0 radical (unpaired) electrons. The van der Waals surface area contributed by atoms with E-state index < -0.39 is 0 Å². The molecule has 0 fully saturated rings. The quantitative estimate of drug-likeness (QED) is 0.666. The molecule has 0 saturated carbocycles. The number of rotatable bonds is 4. The molecule has 2 aromatic carbocycles. The molecule has 4 nitrogen and oxygen atoms in total. The predicted octanol–water partition coefficient (Wildman–Crippen LogP) is 4.54. The number of hydrogen-bond donors (Lipinski definition) is 0. The number of aromatic nitrogens is 1. The summed E-state index contributed by atoms with van der Waals surface area (Å²) in [5.74, 6) is 0.235. The lowest BCUT2D eigenvalue weighted by molar-refractivity contribution is -0.120. The highest BCUT2D eigenvalue weighted by Gasteiger charge is 2.08. The molecule has 124 valence electrons. The van der Waals surface area contributed by atoms with Crippen LogP contribution in [0.15, 0.2) is 47.5 Å². The van der Waals surface area contributed by atoms with E-state index >= 15 is 0 Å². The third-order valence-corrected chi connectivity index (χ3v) is 4.89. The Kier molecular flexibility index (Phi) is 5.23. The predicted molar refractivity (Wildman–Crippen MR) is 98.0 cm³/mol. The number of fused-ring (bicyclic) bond motifs is 1. The van der Waals surface area contributed by atoms with Gasteiger partial charge >= 0.3 is 0 Å². The van der Waals surface area contributed by atoms with Crippen molar-refractivity contribution in [1.82, 2.24) is 4.57 Å². The second-order valence-electron chi connectivity index (χ2n) is 4.99. The molecule has 0 bridgehead atoms. The van der Waals surface area contributed by atoms with E-state index in [0.717, 1.165) is 10.2 Å². The first-order valence-corrected chi connectivity index (χ1v) is 8.89. The van der Waals surface area contributed by atoms with Crippen LogP contribution in [0.4, 0.5) is 0 Å². The third-order valence-electron chi connectivity index (χ3n) is 3.36. The van der Waals surface area contributed by atoms with Gasteiger partial charge in [0.1, 0.15) is 5.75 Å². The smallest absolute Gasteiger partial charge is 0.286 e. The standard InChI is InChI=1S/C17H14Cl2N2O2S/c1-2-21-14-8-5-12(19)9-15(14)24-17(21)20-16(22)10-23-13-6-3-11(18)4-7-13/h3-9H,2,10H2,1H3. The van der Waals surface area contributed by atoms with Gasteiger partial charge in [-0.25, -0.2) is 0 Å². The zero-order chi connectivity index (χ0) is 17.1. The number of thiazole rings is 1. The minimum atomic E-state index is -0.343. The lowest BCUT2D eigenvalue weighted by Gasteiger charge is -2.03. The minimum absolute atomic E-state index is 0.125. The molecule has 1 heterocycles. The van der Waals surface area contributed by atoms with E-state index in [0.29, 0.717) is 27.1 Å². The van der Waals surface area contributed by atoms with Crippen molar-refractivity contribution in [2.75, 3.05) is 6.61 Å². The minimum Gasteiger partial charge on any atom is -0.484 e. The molecule has 3 aromatic rings. The van der Waals surface area contributed by atoms with Gasteiger partial charge in [-0.15, -0.1) is 0 Å². The van der Waals surface area contributed by atoms with Crippen molar-refractivity contribution in [1.29, 1.82) is 0 Å². The molecule has 0 saturated heterocycles. The molecule has 0 atom stereocenters. The highest BCUT2D eigenvalue weighted by Crippen LogP contribution is 2.21. The first-order chi connectivity index (χ1) is 11.6. The maximum atomic E-state index is 12.1. The Morgan fingerprint density at radius 3 is 2.58 bits per heavy atom. The summed E-state index contributed by atoms with van der Waals surface area (Å²) in [6, 6.07) is 12.5. The van der Waals surface area contributed by atoms with Crippen LogP contribution in [0.3, 0.4) is 0 Å². The summed E-state index contributed by atoms with van der Waals surface area (Å²) in [6.07, 6.45) is 0. The van der Waals surface area contributed by atoms with Crippen molar-refractivity contribution < 1.29 is 9.53 Å². The number of ether oxygens (including phenoxy) is 1. The van der Waals surface area contributed by atoms with Crippen LogP contribution in [0, 0.1) is 0 Å².